The number of fused-ring (bicyclic) bond motifs is 1. The van der Waals surface area contributed by atoms with E-state index < -0.39 is 16.1 Å². The Kier molecular flexibility index (Phi) is 7.05. The smallest absolute Gasteiger partial charge is 0.255 e. The number of rotatable bonds is 6. The second-order valence-corrected chi connectivity index (χ2v) is 10.4. The minimum atomic E-state index is -3.64. The summed E-state index contributed by atoms with van der Waals surface area (Å²) in [6.07, 6.45) is 0. The van der Waals surface area contributed by atoms with E-state index in [-0.39, 0.29) is 23.3 Å². The van der Waals surface area contributed by atoms with Crippen LogP contribution in [-0.2, 0) is 14.8 Å². The predicted octanol–water partition coefficient (Wildman–Crippen LogP) is 4.21. The van der Waals surface area contributed by atoms with Crippen LogP contribution in [0, 0.1) is 6.92 Å². The van der Waals surface area contributed by atoms with Gasteiger partial charge in [0.15, 0.2) is 0 Å². The van der Waals surface area contributed by atoms with Gasteiger partial charge in [0.25, 0.3) is 5.91 Å². The Hall–Kier alpha value is -3.49. The molecule has 4 rings (SSSR count). The molecule has 3 aromatic carbocycles. The van der Waals surface area contributed by atoms with Crippen molar-refractivity contribution in [3.05, 3.63) is 95.1 Å². The fourth-order valence-electron chi connectivity index (χ4n) is 4.46. The van der Waals surface area contributed by atoms with E-state index in [0.717, 1.165) is 16.7 Å². The molecule has 0 bridgehead atoms. The molecule has 1 heterocycles. The zero-order chi connectivity index (χ0) is 25.2. The SMILES string of the molecule is CCN(CC)S(=O)(=O)c1ccc(C(=O)N2CC(=O)Nc3ccc(C)cc3C2c2ccccc2)cc1. The standard InChI is InChI=1S/C27H29N3O4S/c1-4-29(5-2)35(33,34)22-14-12-21(13-15-22)27(32)30-18-25(31)28-24-16-11-19(3)17-23(24)26(30)20-9-7-6-8-10-20/h6-17,26H,4-5,18H2,1-3H3,(H,28,31). The summed E-state index contributed by atoms with van der Waals surface area (Å²) in [5.41, 5.74) is 3.71. The molecule has 0 radical (unpaired) electrons. The Morgan fingerprint density at radius 1 is 1.00 bits per heavy atom. The quantitative estimate of drug-likeness (QED) is 0.560. The van der Waals surface area contributed by atoms with Crippen molar-refractivity contribution < 1.29 is 18.0 Å². The number of aryl methyl sites for hydroxylation is 1. The fourth-order valence-corrected chi connectivity index (χ4v) is 5.92. The van der Waals surface area contributed by atoms with Crippen LogP contribution in [0.25, 0.3) is 0 Å². The third kappa shape index (κ3) is 4.85. The average molecular weight is 492 g/mol. The molecular formula is C27H29N3O4S. The molecule has 0 spiro atoms. The van der Waals surface area contributed by atoms with Crippen LogP contribution in [-0.4, -0.2) is 49.1 Å². The lowest BCUT2D eigenvalue weighted by molar-refractivity contribution is -0.117. The highest BCUT2D eigenvalue weighted by atomic mass is 32.2. The molecule has 35 heavy (non-hydrogen) atoms. The molecule has 0 aliphatic carbocycles. The number of sulfonamides is 1. The third-order valence-corrected chi connectivity index (χ3v) is 8.29. The maximum atomic E-state index is 13.8. The summed E-state index contributed by atoms with van der Waals surface area (Å²) in [6, 6.07) is 20.8. The molecule has 0 fully saturated rings. The second kappa shape index (κ2) is 10.0. The van der Waals surface area contributed by atoms with E-state index in [1.54, 1.807) is 18.7 Å². The first kappa shape index (κ1) is 24.6. The third-order valence-electron chi connectivity index (χ3n) is 6.22. The first-order valence-electron chi connectivity index (χ1n) is 11.6. The average Bonchev–Trinajstić information content (AvgIpc) is 3.00. The van der Waals surface area contributed by atoms with Crippen LogP contribution >= 0.6 is 0 Å². The highest BCUT2D eigenvalue weighted by Crippen LogP contribution is 2.37. The number of amides is 2. The van der Waals surface area contributed by atoms with Crippen LogP contribution in [0.1, 0.15) is 46.9 Å². The van der Waals surface area contributed by atoms with Crippen molar-refractivity contribution in [2.24, 2.45) is 0 Å². The van der Waals surface area contributed by atoms with Crippen LogP contribution in [0.2, 0.25) is 0 Å². The van der Waals surface area contributed by atoms with Crippen LogP contribution in [0.4, 0.5) is 5.69 Å². The monoisotopic (exact) mass is 491 g/mol. The Morgan fingerprint density at radius 2 is 1.66 bits per heavy atom. The lowest BCUT2D eigenvalue weighted by Gasteiger charge is -2.31. The normalized spacial score (nSPS) is 15.9. The number of carbonyl (C=O) groups excluding carboxylic acids is 2. The Balaban J connectivity index is 1.77. The molecule has 182 valence electrons. The minimum Gasteiger partial charge on any atom is -0.324 e. The molecule has 0 aromatic heterocycles. The van der Waals surface area contributed by atoms with Crippen molar-refractivity contribution in [1.82, 2.24) is 9.21 Å². The van der Waals surface area contributed by atoms with E-state index >= 15 is 0 Å². The van der Waals surface area contributed by atoms with E-state index in [2.05, 4.69) is 5.32 Å². The Morgan fingerprint density at radius 3 is 2.29 bits per heavy atom. The molecule has 7 nitrogen and oxygen atoms in total. The molecule has 2 amide bonds. The molecule has 1 atom stereocenters. The zero-order valence-electron chi connectivity index (χ0n) is 20.1. The number of nitrogens with zero attached hydrogens (tertiary/aromatic N) is 2. The van der Waals surface area contributed by atoms with Crippen molar-refractivity contribution in [3.8, 4) is 0 Å². The van der Waals surface area contributed by atoms with Gasteiger partial charge < -0.3 is 10.2 Å². The lowest BCUT2D eigenvalue weighted by Crippen LogP contribution is -2.39. The van der Waals surface area contributed by atoms with Crippen molar-refractivity contribution >= 4 is 27.5 Å². The van der Waals surface area contributed by atoms with Crippen molar-refractivity contribution in [2.75, 3.05) is 25.0 Å². The first-order valence-corrected chi connectivity index (χ1v) is 13.1. The summed E-state index contributed by atoms with van der Waals surface area (Å²) >= 11 is 0. The number of anilines is 1. The van der Waals surface area contributed by atoms with Gasteiger partial charge in [-0.25, -0.2) is 8.42 Å². The minimum absolute atomic E-state index is 0.131. The van der Waals surface area contributed by atoms with Gasteiger partial charge in [0.05, 0.1) is 10.9 Å². The van der Waals surface area contributed by atoms with Gasteiger partial charge in [-0.05, 0) is 42.8 Å². The van der Waals surface area contributed by atoms with Gasteiger partial charge in [0.1, 0.15) is 6.54 Å². The van der Waals surface area contributed by atoms with Gasteiger partial charge in [-0.3, -0.25) is 9.59 Å². The zero-order valence-corrected chi connectivity index (χ0v) is 20.9. The fraction of sp³-hybridized carbons (Fsp3) is 0.259. The maximum Gasteiger partial charge on any atom is 0.255 e. The van der Waals surface area contributed by atoms with E-state index in [1.165, 1.54) is 28.6 Å². The van der Waals surface area contributed by atoms with E-state index in [9.17, 15) is 18.0 Å². The molecule has 0 saturated heterocycles. The summed E-state index contributed by atoms with van der Waals surface area (Å²) in [5, 5.41) is 2.92. The Labute approximate surface area is 206 Å². The van der Waals surface area contributed by atoms with E-state index in [1.807, 2.05) is 55.5 Å². The molecule has 0 saturated carbocycles. The van der Waals surface area contributed by atoms with Gasteiger partial charge in [0.2, 0.25) is 15.9 Å². The van der Waals surface area contributed by atoms with E-state index in [0.29, 0.717) is 24.3 Å². The number of benzene rings is 3. The first-order chi connectivity index (χ1) is 16.8. The van der Waals surface area contributed by atoms with Crippen molar-refractivity contribution in [3.63, 3.8) is 0 Å². The summed E-state index contributed by atoms with van der Waals surface area (Å²) in [7, 11) is -3.64. The number of carbonyl (C=O) groups is 2. The second-order valence-electron chi connectivity index (χ2n) is 8.50. The summed E-state index contributed by atoms with van der Waals surface area (Å²) < 4.78 is 27.1. The Bertz CT molecular complexity index is 1330. The molecule has 1 aliphatic rings. The lowest BCUT2D eigenvalue weighted by atomic mass is 9.94. The van der Waals surface area contributed by atoms with Crippen molar-refractivity contribution in [2.45, 2.75) is 31.7 Å². The van der Waals surface area contributed by atoms with Crippen LogP contribution in [0.15, 0.2) is 77.7 Å². The van der Waals surface area contributed by atoms with Gasteiger partial charge in [-0.1, -0.05) is 61.9 Å². The largest absolute Gasteiger partial charge is 0.324 e. The topological polar surface area (TPSA) is 86.8 Å². The van der Waals surface area contributed by atoms with Crippen molar-refractivity contribution in [1.29, 1.82) is 0 Å². The molecule has 8 heteroatoms. The summed E-state index contributed by atoms with van der Waals surface area (Å²) in [5.74, 6) is -0.641. The van der Waals surface area contributed by atoms with Gasteiger partial charge in [0, 0.05) is 29.9 Å². The maximum absolute atomic E-state index is 13.8. The molecule has 3 aromatic rings. The highest BCUT2D eigenvalue weighted by Gasteiger charge is 2.34. The van der Waals surface area contributed by atoms with Gasteiger partial charge in [-0.15, -0.1) is 0 Å². The highest BCUT2D eigenvalue weighted by molar-refractivity contribution is 7.89. The number of hydrogen-bond acceptors (Lipinski definition) is 4. The van der Waals surface area contributed by atoms with Crippen LogP contribution in [0.5, 0.6) is 0 Å². The van der Waals surface area contributed by atoms with Gasteiger partial charge >= 0.3 is 0 Å². The number of hydrogen-bond donors (Lipinski definition) is 1. The van der Waals surface area contributed by atoms with E-state index in [4.69, 9.17) is 0 Å². The molecule has 1 aliphatic heterocycles. The van der Waals surface area contributed by atoms with Crippen LogP contribution in [0.3, 0.4) is 0 Å². The molecular weight excluding hydrogens is 462 g/mol. The summed E-state index contributed by atoms with van der Waals surface area (Å²) in [4.78, 5) is 28.2. The molecule has 1 unspecified atom stereocenters. The molecule has 1 N–H and O–H groups in total. The number of nitrogens with one attached hydrogen (secondary N) is 1. The summed E-state index contributed by atoms with van der Waals surface area (Å²) in [6.45, 7) is 6.13. The predicted molar refractivity (Wildman–Crippen MR) is 136 cm³/mol. The van der Waals surface area contributed by atoms with Crippen LogP contribution < -0.4 is 5.32 Å². The van der Waals surface area contributed by atoms with Gasteiger partial charge in [-0.2, -0.15) is 4.31 Å².